The highest BCUT2D eigenvalue weighted by Crippen LogP contribution is 2.56. The molecule has 2 aliphatic carbocycles. The number of carbonyl (C=O) groups is 2. The number of ketones is 1. The largest absolute Gasteiger partial charge is 0.465 e. The monoisotopic (exact) mass is 210 g/mol. The zero-order valence-corrected chi connectivity index (χ0v) is 9.36. The topological polar surface area (TPSA) is 43.4 Å². The average molecular weight is 210 g/mol. The van der Waals surface area contributed by atoms with E-state index in [0.717, 1.165) is 24.7 Å². The first-order valence-corrected chi connectivity index (χ1v) is 5.80. The van der Waals surface area contributed by atoms with Crippen molar-refractivity contribution in [1.29, 1.82) is 0 Å². The molecular formula is C12H18O3. The van der Waals surface area contributed by atoms with E-state index in [1.54, 1.807) is 6.92 Å². The average Bonchev–Trinajstić information content (AvgIpc) is 2.74. The summed E-state index contributed by atoms with van der Waals surface area (Å²) in [6.07, 6.45) is 3.41. The zero-order chi connectivity index (χ0) is 11.0. The van der Waals surface area contributed by atoms with E-state index in [4.69, 9.17) is 4.74 Å². The van der Waals surface area contributed by atoms with Crippen molar-refractivity contribution in [2.45, 2.75) is 33.1 Å². The molecule has 2 rings (SSSR count). The fourth-order valence-electron chi connectivity index (χ4n) is 2.96. The number of rotatable bonds is 4. The van der Waals surface area contributed by atoms with Crippen LogP contribution in [0.4, 0.5) is 0 Å². The number of hydrogen-bond donors (Lipinski definition) is 0. The first-order chi connectivity index (χ1) is 7.13. The Bertz CT molecular complexity index is 275. The van der Waals surface area contributed by atoms with Crippen LogP contribution in [0.5, 0.6) is 0 Å². The van der Waals surface area contributed by atoms with Gasteiger partial charge in [0.15, 0.2) is 0 Å². The molecule has 0 saturated heterocycles. The van der Waals surface area contributed by atoms with Crippen LogP contribution < -0.4 is 0 Å². The van der Waals surface area contributed by atoms with E-state index < -0.39 is 5.92 Å². The van der Waals surface area contributed by atoms with Crippen molar-refractivity contribution >= 4 is 11.8 Å². The van der Waals surface area contributed by atoms with Crippen molar-refractivity contribution in [3.63, 3.8) is 0 Å². The van der Waals surface area contributed by atoms with E-state index in [1.165, 1.54) is 13.3 Å². The first-order valence-electron chi connectivity index (χ1n) is 5.80. The van der Waals surface area contributed by atoms with E-state index in [-0.39, 0.29) is 17.7 Å². The van der Waals surface area contributed by atoms with Gasteiger partial charge in [-0.15, -0.1) is 0 Å². The molecule has 3 heteroatoms. The van der Waals surface area contributed by atoms with Crippen LogP contribution in [-0.2, 0) is 14.3 Å². The standard InChI is InChI=1S/C12H18O3/c1-3-15-12(14)11(7(2)13)10-5-8-4-9(8)6-10/h8-11H,3-6H2,1-2H3/t8-,9+,10?,11?. The Morgan fingerprint density at radius 1 is 1.27 bits per heavy atom. The molecular weight excluding hydrogens is 192 g/mol. The molecule has 0 spiro atoms. The minimum atomic E-state index is -0.488. The molecule has 4 atom stereocenters. The van der Waals surface area contributed by atoms with Gasteiger partial charge in [-0.3, -0.25) is 9.59 Å². The third-order valence-corrected chi connectivity index (χ3v) is 3.73. The van der Waals surface area contributed by atoms with E-state index in [9.17, 15) is 9.59 Å². The summed E-state index contributed by atoms with van der Waals surface area (Å²) in [7, 11) is 0. The number of Topliss-reactive ketones (excluding diaryl/α,β-unsaturated/α-hetero) is 1. The van der Waals surface area contributed by atoms with Gasteiger partial charge in [0.2, 0.25) is 0 Å². The Labute approximate surface area is 90.2 Å². The van der Waals surface area contributed by atoms with Gasteiger partial charge in [-0.2, -0.15) is 0 Å². The normalized spacial score (nSPS) is 34.4. The summed E-state index contributed by atoms with van der Waals surface area (Å²) in [6, 6.07) is 0. The molecule has 0 N–H and O–H groups in total. The van der Waals surface area contributed by atoms with Crippen LogP contribution >= 0.6 is 0 Å². The highest BCUT2D eigenvalue weighted by atomic mass is 16.5. The van der Waals surface area contributed by atoms with Gasteiger partial charge in [-0.05, 0) is 50.9 Å². The number of ether oxygens (including phenoxy) is 1. The van der Waals surface area contributed by atoms with Crippen molar-refractivity contribution in [1.82, 2.24) is 0 Å². The highest BCUT2D eigenvalue weighted by molar-refractivity contribution is 5.98. The molecule has 0 amide bonds. The summed E-state index contributed by atoms with van der Waals surface area (Å²) in [5.74, 6) is 1.02. The summed E-state index contributed by atoms with van der Waals surface area (Å²) < 4.78 is 4.97. The first kappa shape index (κ1) is 10.7. The minimum absolute atomic E-state index is 0.0280. The Balaban J connectivity index is 1.99. The molecule has 0 radical (unpaired) electrons. The van der Waals surface area contributed by atoms with E-state index in [1.807, 2.05) is 0 Å². The van der Waals surface area contributed by atoms with Crippen molar-refractivity contribution in [3.8, 4) is 0 Å². The summed E-state index contributed by atoms with van der Waals surface area (Å²) in [5, 5.41) is 0. The predicted octanol–water partition coefficient (Wildman–Crippen LogP) is 1.80. The summed E-state index contributed by atoms with van der Waals surface area (Å²) in [4.78, 5) is 23.1. The van der Waals surface area contributed by atoms with Gasteiger partial charge in [0, 0.05) is 0 Å². The van der Waals surface area contributed by atoms with Gasteiger partial charge in [-0.25, -0.2) is 0 Å². The third-order valence-electron chi connectivity index (χ3n) is 3.73. The van der Waals surface area contributed by atoms with E-state index in [2.05, 4.69) is 0 Å². The lowest BCUT2D eigenvalue weighted by molar-refractivity contribution is -0.153. The summed E-state index contributed by atoms with van der Waals surface area (Å²) in [5.41, 5.74) is 0. The summed E-state index contributed by atoms with van der Waals surface area (Å²) >= 11 is 0. The molecule has 0 bridgehead atoms. The predicted molar refractivity (Wildman–Crippen MR) is 55.1 cm³/mol. The van der Waals surface area contributed by atoms with E-state index >= 15 is 0 Å². The van der Waals surface area contributed by atoms with Crippen molar-refractivity contribution in [2.75, 3.05) is 6.61 Å². The zero-order valence-electron chi connectivity index (χ0n) is 9.36. The molecule has 3 nitrogen and oxygen atoms in total. The van der Waals surface area contributed by atoms with Gasteiger partial charge >= 0.3 is 5.97 Å². The molecule has 2 unspecified atom stereocenters. The fraction of sp³-hybridized carbons (Fsp3) is 0.833. The fourth-order valence-corrected chi connectivity index (χ4v) is 2.96. The van der Waals surface area contributed by atoms with E-state index in [0.29, 0.717) is 6.61 Å². The molecule has 0 aromatic rings. The van der Waals surface area contributed by atoms with Crippen LogP contribution in [0.25, 0.3) is 0 Å². The molecule has 0 aromatic heterocycles. The Morgan fingerprint density at radius 3 is 2.33 bits per heavy atom. The second-order valence-corrected chi connectivity index (χ2v) is 4.83. The van der Waals surface area contributed by atoms with Gasteiger partial charge in [0.1, 0.15) is 11.7 Å². The maximum atomic E-state index is 11.7. The molecule has 0 heterocycles. The SMILES string of the molecule is CCOC(=O)C(C(C)=O)C1C[C@@H]2C[C@@H]2C1. The second-order valence-electron chi connectivity index (χ2n) is 4.83. The maximum Gasteiger partial charge on any atom is 0.316 e. The molecule has 0 aromatic carbocycles. The number of hydrogen-bond acceptors (Lipinski definition) is 3. The molecule has 84 valence electrons. The van der Waals surface area contributed by atoms with Crippen molar-refractivity contribution in [2.24, 2.45) is 23.7 Å². The number of carbonyl (C=O) groups excluding carboxylic acids is 2. The number of esters is 1. The Morgan fingerprint density at radius 2 is 1.87 bits per heavy atom. The highest BCUT2D eigenvalue weighted by Gasteiger charge is 2.50. The lowest BCUT2D eigenvalue weighted by Crippen LogP contribution is -2.31. The molecule has 2 aliphatic rings. The quantitative estimate of drug-likeness (QED) is 0.525. The van der Waals surface area contributed by atoms with Crippen LogP contribution in [0.2, 0.25) is 0 Å². The molecule has 2 fully saturated rings. The lowest BCUT2D eigenvalue weighted by atomic mass is 9.85. The van der Waals surface area contributed by atoms with Crippen molar-refractivity contribution < 1.29 is 14.3 Å². The third kappa shape index (κ3) is 2.06. The smallest absolute Gasteiger partial charge is 0.316 e. The Kier molecular flexibility index (Phi) is 2.81. The van der Waals surface area contributed by atoms with Crippen molar-refractivity contribution in [3.05, 3.63) is 0 Å². The molecule has 0 aliphatic heterocycles. The second kappa shape index (κ2) is 3.95. The van der Waals surface area contributed by atoms with Crippen LogP contribution in [-0.4, -0.2) is 18.4 Å². The van der Waals surface area contributed by atoms with Gasteiger partial charge in [0.05, 0.1) is 6.61 Å². The Hall–Kier alpha value is -0.860. The van der Waals surface area contributed by atoms with Crippen LogP contribution in [0.15, 0.2) is 0 Å². The van der Waals surface area contributed by atoms with Gasteiger partial charge in [-0.1, -0.05) is 0 Å². The molecule has 2 saturated carbocycles. The molecule has 15 heavy (non-hydrogen) atoms. The van der Waals surface area contributed by atoms with Crippen LogP contribution in [0, 0.1) is 23.7 Å². The van der Waals surface area contributed by atoms with Crippen LogP contribution in [0.1, 0.15) is 33.1 Å². The van der Waals surface area contributed by atoms with Gasteiger partial charge in [0.25, 0.3) is 0 Å². The minimum Gasteiger partial charge on any atom is -0.465 e. The maximum absolute atomic E-state index is 11.7. The van der Waals surface area contributed by atoms with Gasteiger partial charge < -0.3 is 4.74 Å². The lowest BCUT2D eigenvalue weighted by Gasteiger charge is -2.20. The van der Waals surface area contributed by atoms with Crippen LogP contribution in [0.3, 0.4) is 0 Å². The number of fused-ring (bicyclic) bond motifs is 1. The summed E-state index contributed by atoms with van der Waals surface area (Å²) in [6.45, 7) is 3.65.